The quantitative estimate of drug-likeness (QED) is 0.588. The van der Waals surface area contributed by atoms with Crippen LogP contribution in [0, 0.1) is 0 Å². The van der Waals surface area contributed by atoms with E-state index in [0.29, 0.717) is 6.42 Å². The maximum absolute atomic E-state index is 12.2. The van der Waals surface area contributed by atoms with Gasteiger partial charge in [-0.15, -0.1) is 6.58 Å². The molecule has 1 aromatic rings. The average molecular weight is 317 g/mol. The molecule has 1 N–H and O–H groups in total. The summed E-state index contributed by atoms with van der Waals surface area (Å²) in [4.78, 5) is 10.8. The van der Waals surface area contributed by atoms with Crippen LogP contribution in [0.5, 0.6) is 0 Å². The van der Waals surface area contributed by atoms with Gasteiger partial charge in [0.05, 0.1) is 21.2 Å². The van der Waals surface area contributed by atoms with Crippen LogP contribution in [0.1, 0.15) is 36.0 Å². The lowest BCUT2D eigenvalue weighted by molar-refractivity contribution is 0.0696. The molecule has 0 aliphatic rings. The molecular formula is C14H17ClO4S. The van der Waals surface area contributed by atoms with Crippen LogP contribution >= 0.6 is 11.6 Å². The Morgan fingerprint density at radius 2 is 2.00 bits per heavy atom. The smallest absolute Gasteiger partial charge is 0.335 e. The molecule has 0 aliphatic carbocycles. The van der Waals surface area contributed by atoms with E-state index in [-0.39, 0.29) is 21.2 Å². The number of hydrogen-bond acceptors (Lipinski definition) is 3. The first-order chi connectivity index (χ1) is 9.38. The van der Waals surface area contributed by atoms with Gasteiger partial charge >= 0.3 is 5.97 Å². The number of aromatic carboxylic acids is 1. The third-order valence-electron chi connectivity index (χ3n) is 2.83. The molecule has 0 saturated heterocycles. The molecule has 0 saturated carbocycles. The summed E-state index contributed by atoms with van der Waals surface area (Å²) >= 11 is 5.86. The molecule has 0 bridgehead atoms. The van der Waals surface area contributed by atoms with Crippen molar-refractivity contribution in [2.75, 3.05) is 5.75 Å². The number of carboxylic acid groups (broad SMARTS) is 1. The molecule has 0 spiro atoms. The van der Waals surface area contributed by atoms with Crippen molar-refractivity contribution < 1.29 is 18.3 Å². The Labute approximate surface area is 124 Å². The molecule has 0 fully saturated rings. The lowest BCUT2D eigenvalue weighted by Crippen LogP contribution is -2.09. The first kappa shape index (κ1) is 16.7. The summed E-state index contributed by atoms with van der Waals surface area (Å²) in [6.07, 6.45) is 4.84. The standard InChI is InChI=1S/C14H17ClO4S/c1-2-3-4-5-6-9-20(18,19)13-10-11(14(16)17)7-8-12(13)15/h2,7-8,10H,1,3-6,9H2,(H,16,17). The maximum atomic E-state index is 12.2. The SMILES string of the molecule is C=CCCCCCS(=O)(=O)c1cc(C(=O)O)ccc1Cl. The first-order valence-electron chi connectivity index (χ1n) is 6.25. The van der Waals surface area contributed by atoms with Gasteiger partial charge in [0.1, 0.15) is 0 Å². The molecule has 1 rings (SSSR count). The number of rotatable bonds is 8. The molecule has 0 unspecified atom stereocenters. The normalized spacial score (nSPS) is 11.2. The van der Waals surface area contributed by atoms with Crippen LogP contribution < -0.4 is 0 Å². The van der Waals surface area contributed by atoms with Gasteiger partial charge in [-0.05, 0) is 37.5 Å². The topological polar surface area (TPSA) is 71.4 Å². The summed E-state index contributed by atoms with van der Waals surface area (Å²) in [6.45, 7) is 3.60. The van der Waals surface area contributed by atoms with Gasteiger partial charge in [-0.2, -0.15) is 0 Å². The highest BCUT2D eigenvalue weighted by atomic mass is 35.5. The van der Waals surface area contributed by atoms with Crippen molar-refractivity contribution in [3.8, 4) is 0 Å². The number of carboxylic acids is 1. The maximum Gasteiger partial charge on any atom is 0.335 e. The van der Waals surface area contributed by atoms with E-state index < -0.39 is 15.8 Å². The van der Waals surface area contributed by atoms with Crippen LogP contribution in [0.4, 0.5) is 0 Å². The van der Waals surface area contributed by atoms with Crippen LogP contribution in [0.15, 0.2) is 35.7 Å². The van der Waals surface area contributed by atoms with Gasteiger partial charge in [-0.1, -0.05) is 24.1 Å². The summed E-state index contributed by atoms with van der Waals surface area (Å²) in [6, 6.07) is 3.70. The summed E-state index contributed by atoms with van der Waals surface area (Å²) < 4.78 is 24.3. The molecular weight excluding hydrogens is 300 g/mol. The summed E-state index contributed by atoms with van der Waals surface area (Å²) in [5.74, 6) is -1.21. The second-order valence-corrected chi connectivity index (χ2v) is 6.89. The fourth-order valence-electron chi connectivity index (χ4n) is 1.74. The fraction of sp³-hybridized carbons (Fsp3) is 0.357. The Kier molecular flexibility index (Phi) is 6.23. The molecule has 4 nitrogen and oxygen atoms in total. The van der Waals surface area contributed by atoms with Crippen molar-refractivity contribution in [2.45, 2.75) is 30.6 Å². The largest absolute Gasteiger partial charge is 0.478 e. The third kappa shape index (κ3) is 4.65. The van der Waals surface area contributed by atoms with Crippen LogP contribution in [0.3, 0.4) is 0 Å². The third-order valence-corrected chi connectivity index (χ3v) is 5.11. The second-order valence-electron chi connectivity index (χ2n) is 4.41. The van der Waals surface area contributed by atoms with Crippen molar-refractivity contribution in [3.63, 3.8) is 0 Å². The van der Waals surface area contributed by atoms with E-state index in [1.807, 2.05) is 0 Å². The number of hydrogen-bond donors (Lipinski definition) is 1. The lowest BCUT2D eigenvalue weighted by atomic mass is 10.2. The minimum atomic E-state index is -3.56. The number of sulfone groups is 1. The predicted octanol–water partition coefficient (Wildman–Crippen LogP) is 3.56. The number of benzene rings is 1. The second kappa shape index (κ2) is 7.45. The molecule has 0 aliphatic heterocycles. The Balaban J connectivity index is 2.83. The molecule has 20 heavy (non-hydrogen) atoms. The number of allylic oxidation sites excluding steroid dienone is 1. The minimum absolute atomic E-state index is 0.0348. The molecule has 0 aromatic heterocycles. The number of halogens is 1. The van der Waals surface area contributed by atoms with Gasteiger partial charge < -0.3 is 5.11 Å². The Morgan fingerprint density at radius 3 is 2.60 bits per heavy atom. The van der Waals surface area contributed by atoms with Crippen LogP contribution in [0.2, 0.25) is 5.02 Å². The van der Waals surface area contributed by atoms with E-state index in [9.17, 15) is 13.2 Å². The fourth-order valence-corrected chi connectivity index (χ4v) is 3.69. The van der Waals surface area contributed by atoms with Gasteiger partial charge in [0, 0.05) is 0 Å². The number of carbonyl (C=O) groups is 1. The zero-order valence-corrected chi connectivity index (χ0v) is 12.6. The highest BCUT2D eigenvalue weighted by molar-refractivity contribution is 7.91. The summed E-state index contributed by atoms with van der Waals surface area (Å²) in [5.41, 5.74) is -0.0837. The zero-order valence-electron chi connectivity index (χ0n) is 11.0. The van der Waals surface area contributed by atoms with Crippen LogP contribution in [-0.2, 0) is 9.84 Å². The van der Waals surface area contributed by atoms with Crippen LogP contribution in [0.25, 0.3) is 0 Å². The zero-order chi connectivity index (χ0) is 15.2. The molecule has 0 amide bonds. The van der Waals surface area contributed by atoms with E-state index >= 15 is 0 Å². The van der Waals surface area contributed by atoms with Crippen LogP contribution in [-0.4, -0.2) is 25.2 Å². The van der Waals surface area contributed by atoms with Gasteiger partial charge in [-0.25, -0.2) is 13.2 Å². The average Bonchev–Trinajstić information content (AvgIpc) is 2.38. The minimum Gasteiger partial charge on any atom is -0.478 e. The van der Waals surface area contributed by atoms with Gasteiger partial charge in [-0.3, -0.25) is 0 Å². The van der Waals surface area contributed by atoms with Gasteiger partial charge in [0.25, 0.3) is 0 Å². The monoisotopic (exact) mass is 316 g/mol. The molecule has 110 valence electrons. The Morgan fingerprint density at radius 1 is 1.30 bits per heavy atom. The van der Waals surface area contributed by atoms with Crippen molar-refractivity contribution >= 4 is 27.4 Å². The van der Waals surface area contributed by atoms with Crippen molar-refractivity contribution in [1.82, 2.24) is 0 Å². The summed E-state index contributed by atoms with van der Waals surface area (Å²) in [5, 5.41) is 8.95. The molecule has 1 aromatic carbocycles. The van der Waals surface area contributed by atoms with E-state index in [2.05, 4.69) is 6.58 Å². The molecule has 0 radical (unpaired) electrons. The van der Waals surface area contributed by atoms with Crippen molar-refractivity contribution in [2.24, 2.45) is 0 Å². The first-order valence-corrected chi connectivity index (χ1v) is 8.28. The van der Waals surface area contributed by atoms with E-state index in [1.165, 1.54) is 12.1 Å². The predicted molar refractivity (Wildman–Crippen MR) is 79.1 cm³/mol. The Bertz CT molecular complexity index is 593. The highest BCUT2D eigenvalue weighted by Gasteiger charge is 2.19. The molecule has 0 atom stereocenters. The van der Waals surface area contributed by atoms with E-state index in [4.69, 9.17) is 16.7 Å². The number of unbranched alkanes of at least 4 members (excludes halogenated alkanes) is 3. The lowest BCUT2D eigenvalue weighted by Gasteiger charge is -2.07. The van der Waals surface area contributed by atoms with Gasteiger partial charge in [0.15, 0.2) is 9.84 Å². The highest BCUT2D eigenvalue weighted by Crippen LogP contribution is 2.24. The molecule has 6 heteroatoms. The Hall–Kier alpha value is -1.33. The van der Waals surface area contributed by atoms with Crippen molar-refractivity contribution in [1.29, 1.82) is 0 Å². The summed E-state index contributed by atoms with van der Waals surface area (Å²) in [7, 11) is -3.56. The van der Waals surface area contributed by atoms with E-state index in [1.54, 1.807) is 6.08 Å². The van der Waals surface area contributed by atoms with Gasteiger partial charge in [0.2, 0.25) is 0 Å². The molecule has 0 heterocycles. The van der Waals surface area contributed by atoms with E-state index in [0.717, 1.165) is 25.3 Å². The van der Waals surface area contributed by atoms with Crippen molar-refractivity contribution in [3.05, 3.63) is 41.4 Å².